The van der Waals surface area contributed by atoms with E-state index in [4.69, 9.17) is 0 Å². The molecule has 3 heteroatoms. The lowest BCUT2D eigenvalue weighted by Crippen LogP contribution is -2.36. The lowest BCUT2D eigenvalue weighted by Gasteiger charge is -2.28. The Labute approximate surface area is 151 Å². The van der Waals surface area contributed by atoms with Crippen molar-refractivity contribution in [2.75, 3.05) is 6.54 Å². The van der Waals surface area contributed by atoms with E-state index < -0.39 is 0 Å². The summed E-state index contributed by atoms with van der Waals surface area (Å²) < 4.78 is 0. The molecular formula is C22H28N2O. The molecule has 1 aliphatic rings. The summed E-state index contributed by atoms with van der Waals surface area (Å²) in [7, 11) is 0. The molecule has 132 valence electrons. The summed E-state index contributed by atoms with van der Waals surface area (Å²) in [5.74, 6) is 0.449. The van der Waals surface area contributed by atoms with E-state index in [0.29, 0.717) is 5.92 Å². The summed E-state index contributed by atoms with van der Waals surface area (Å²) in [5, 5.41) is 3.06. The van der Waals surface area contributed by atoms with Crippen LogP contribution in [-0.4, -0.2) is 23.4 Å². The molecule has 0 aliphatic carbocycles. The number of rotatable bonds is 5. The Morgan fingerprint density at radius 2 is 1.72 bits per heavy atom. The molecule has 1 atom stereocenters. The first-order valence-corrected chi connectivity index (χ1v) is 9.22. The largest absolute Gasteiger partial charge is 0.349 e. The van der Waals surface area contributed by atoms with Gasteiger partial charge in [-0.15, -0.1) is 0 Å². The number of benzene rings is 2. The highest BCUT2D eigenvalue weighted by molar-refractivity contribution is 5.94. The van der Waals surface area contributed by atoms with Gasteiger partial charge in [0.15, 0.2) is 0 Å². The van der Waals surface area contributed by atoms with Crippen molar-refractivity contribution >= 4 is 5.91 Å². The maximum atomic E-state index is 12.3. The van der Waals surface area contributed by atoms with Crippen molar-refractivity contribution < 1.29 is 4.79 Å². The van der Waals surface area contributed by atoms with E-state index in [0.717, 1.165) is 31.6 Å². The van der Waals surface area contributed by atoms with Gasteiger partial charge < -0.3 is 5.32 Å². The molecule has 0 fully saturated rings. The third kappa shape index (κ3) is 4.49. The second kappa shape index (κ2) is 7.83. The fourth-order valence-electron chi connectivity index (χ4n) is 3.17. The van der Waals surface area contributed by atoms with Crippen LogP contribution in [0.3, 0.4) is 0 Å². The van der Waals surface area contributed by atoms with Crippen molar-refractivity contribution in [2.45, 2.75) is 46.3 Å². The van der Waals surface area contributed by atoms with Gasteiger partial charge in [0.1, 0.15) is 0 Å². The fourth-order valence-corrected chi connectivity index (χ4v) is 3.17. The standard InChI is InChI=1S/C22H28N2O/c1-16(2)17(3)23-22(25)20-10-8-18(9-11-20)14-24-13-12-19-6-4-5-7-21(19)15-24/h4-11,16-17H,12-15H2,1-3H3,(H,23,25)/t17-/m0/s1. The Kier molecular flexibility index (Phi) is 5.54. The van der Waals surface area contributed by atoms with Crippen LogP contribution in [0.1, 0.15) is 47.8 Å². The molecule has 0 saturated carbocycles. The van der Waals surface area contributed by atoms with Gasteiger partial charge in [0.05, 0.1) is 0 Å². The maximum absolute atomic E-state index is 12.3. The molecular weight excluding hydrogens is 308 g/mol. The minimum Gasteiger partial charge on any atom is -0.349 e. The second-order valence-electron chi connectivity index (χ2n) is 7.43. The molecule has 1 heterocycles. The number of carbonyl (C=O) groups excluding carboxylic acids is 1. The number of nitrogens with one attached hydrogen (secondary N) is 1. The lowest BCUT2D eigenvalue weighted by atomic mass is 9.99. The number of fused-ring (bicyclic) bond motifs is 1. The van der Waals surface area contributed by atoms with Crippen LogP contribution >= 0.6 is 0 Å². The Hall–Kier alpha value is -2.13. The van der Waals surface area contributed by atoms with Crippen molar-refractivity contribution in [3.63, 3.8) is 0 Å². The first-order valence-electron chi connectivity index (χ1n) is 9.22. The van der Waals surface area contributed by atoms with E-state index in [9.17, 15) is 4.79 Å². The van der Waals surface area contributed by atoms with Crippen LogP contribution in [0.4, 0.5) is 0 Å². The zero-order valence-electron chi connectivity index (χ0n) is 15.5. The van der Waals surface area contributed by atoms with Gasteiger partial charge in [0.25, 0.3) is 5.91 Å². The average molecular weight is 336 g/mol. The van der Waals surface area contributed by atoms with Crippen molar-refractivity contribution in [3.8, 4) is 0 Å². The molecule has 1 N–H and O–H groups in total. The molecule has 25 heavy (non-hydrogen) atoms. The van der Waals surface area contributed by atoms with Crippen LogP contribution in [0.15, 0.2) is 48.5 Å². The number of hydrogen-bond acceptors (Lipinski definition) is 2. The van der Waals surface area contributed by atoms with Crippen molar-refractivity contribution in [1.82, 2.24) is 10.2 Å². The molecule has 0 saturated heterocycles. The highest BCUT2D eigenvalue weighted by Crippen LogP contribution is 2.20. The predicted octanol–water partition coefficient (Wildman–Crippen LogP) is 4.02. The van der Waals surface area contributed by atoms with Crippen molar-refractivity contribution in [1.29, 1.82) is 0 Å². The topological polar surface area (TPSA) is 32.3 Å². The fraction of sp³-hybridized carbons (Fsp3) is 0.409. The molecule has 3 rings (SSSR count). The monoisotopic (exact) mass is 336 g/mol. The molecule has 0 bridgehead atoms. The minimum atomic E-state index is 0.0136. The van der Waals surface area contributed by atoms with E-state index in [-0.39, 0.29) is 11.9 Å². The normalized spacial score (nSPS) is 15.7. The zero-order valence-corrected chi connectivity index (χ0v) is 15.5. The molecule has 2 aromatic rings. The first kappa shape index (κ1) is 17.7. The van der Waals surface area contributed by atoms with E-state index in [1.165, 1.54) is 16.7 Å². The summed E-state index contributed by atoms with van der Waals surface area (Å²) in [4.78, 5) is 14.7. The van der Waals surface area contributed by atoms with Crippen LogP contribution in [0.25, 0.3) is 0 Å². The summed E-state index contributed by atoms with van der Waals surface area (Å²) >= 11 is 0. The van der Waals surface area contributed by atoms with Gasteiger partial charge >= 0.3 is 0 Å². The van der Waals surface area contributed by atoms with E-state index in [2.05, 4.69) is 60.5 Å². The summed E-state index contributed by atoms with van der Waals surface area (Å²) in [6.45, 7) is 9.30. The van der Waals surface area contributed by atoms with Gasteiger partial charge in [-0.2, -0.15) is 0 Å². The van der Waals surface area contributed by atoms with Gasteiger partial charge in [0.2, 0.25) is 0 Å². The van der Waals surface area contributed by atoms with Crippen LogP contribution in [0, 0.1) is 5.92 Å². The van der Waals surface area contributed by atoms with Gasteiger partial charge in [0, 0.05) is 31.2 Å². The van der Waals surface area contributed by atoms with Gasteiger partial charge in [-0.05, 0) is 48.1 Å². The molecule has 0 spiro atoms. The highest BCUT2D eigenvalue weighted by Gasteiger charge is 2.16. The first-order chi connectivity index (χ1) is 12.0. The van der Waals surface area contributed by atoms with Crippen molar-refractivity contribution in [2.24, 2.45) is 5.92 Å². The molecule has 0 radical (unpaired) electrons. The van der Waals surface area contributed by atoms with Crippen molar-refractivity contribution in [3.05, 3.63) is 70.8 Å². The number of carbonyl (C=O) groups is 1. The Bertz CT molecular complexity index is 721. The molecule has 0 unspecified atom stereocenters. The lowest BCUT2D eigenvalue weighted by molar-refractivity contribution is 0.0930. The highest BCUT2D eigenvalue weighted by atomic mass is 16.1. The average Bonchev–Trinajstić information content (AvgIpc) is 2.62. The molecule has 2 aromatic carbocycles. The Morgan fingerprint density at radius 3 is 2.40 bits per heavy atom. The summed E-state index contributed by atoms with van der Waals surface area (Å²) in [5.41, 5.74) is 4.91. The molecule has 0 aromatic heterocycles. The van der Waals surface area contributed by atoms with Crippen LogP contribution in [0.2, 0.25) is 0 Å². The molecule has 3 nitrogen and oxygen atoms in total. The van der Waals surface area contributed by atoms with E-state index in [1.54, 1.807) is 0 Å². The Morgan fingerprint density at radius 1 is 1.04 bits per heavy atom. The van der Waals surface area contributed by atoms with E-state index >= 15 is 0 Å². The zero-order chi connectivity index (χ0) is 17.8. The smallest absolute Gasteiger partial charge is 0.251 e. The van der Waals surface area contributed by atoms with Gasteiger partial charge in [-0.25, -0.2) is 0 Å². The second-order valence-corrected chi connectivity index (χ2v) is 7.43. The predicted molar refractivity (Wildman–Crippen MR) is 102 cm³/mol. The number of amides is 1. The summed E-state index contributed by atoms with van der Waals surface area (Å²) in [6.07, 6.45) is 1.11. The number of nitrogens with zero attached hydrogens (tertiary/aromatic N) is 1. The van der Waals surface area contributed by atoms with Crippen LogP contribution in [0.5, 0.6) is 0 Å². The maximum Gasteiger partial charge on any atom is 0.251 e. The van der Waals surface area contributed by atoms with Crippen LogP contribution in [-0.2, 0) is 19.5 Å². The SMILES string of the molecule is CC(C)[C@H](C)NC(=O)c1ccc(CN2CCc3ccccc3C2)cc1. The van der Waals surface area contributed by atoms with Crippen LogP contribution < -0.4 is 5.32 Å². The summed E-state index contributed by atoms with van der Waals surface area (Å²) in [6, 6.07) is 16.9. The molecule has 1 aliphatic heterocycles. The minimum absolute atomic E-state index is 0.0136. The third-order valence-corrected chi connectivity index (χ3v) is 5.19. The van der Waals surface area contributed by atoms with Gasteiger partial charge in [-0.3, -0.25) is 9.69 Å². The quantitative estimate of drug-likeness (QED) is 0.894. The third-order valence-electron chi connectivity index (χ3n) is 5.19. The molecule has 1 amide bonds. The van der Waals surface area contributed by atoms with Gasteiger partial charge in [-0.1, -0.05) is 50.2 Å². The number of hydrogen-bond donors (Lipinski definition) is 1. The Balaban J connectivity index is 1.59. The van der Waals surface area contributed by atoms with E-state index in [1.807, 2.05) is 19.1 Å².